The number of allylic oxidation sites excluding steroid dienone is 1. The number of anilines is 3. The molecule has 2 amide bonds. The number of nitrogens with zero attached hydrogens (tertiary/aromatic N) is 5. The summed E-state index contributed by atoms with van der Waals surface area (Å²) in [5, 5.41) is 20.9. The molecule has 0 aromatic carbocycles. The zero-order chi connectivity index (χ0) is 31.5. The number of nitrogens with one attached hydrogen (secondary N) is 2. The topological polar surface area (TPSA) is 151 Å². The zero-order valence-electron chi connectivity index (χ0n) is 24.0. The molecule has 13 heteroatoms. The molecule has 0 fully saturated rings. The molecule has 43 heavy (non-hydrogen) atoms. The molecule has 0 saturated heterocycles. The molecule has 0 bridgehead atoms. The van der Waals surface area contributed by atoms with Crippen molar-refractivity contribution in [2.75, 3.05) is 23.5 Å². The summed E-state index contributed by atoms with van der Waals surface area (Å²) in [5.74, 6) is -1.46. The number of pyridine rings is 3. The lowest BCUT2D eigenvalue weighted by atomic mass is 10.0. The smallest absolute Gasteiger partial charge is 0.282 e. The molecule has 0 unspecified atom stereocenters. The van der Waals surface area contributed by atoms with Crippen LogP contribution in [0.4, 0.5) is 21.7 Å². The van der Waals surface area contributed by atoms with Crippen molar-refractivity contribution < 1.29 is 23.8 Å². The fraction of sp³-hybridized carbons (Fsp3) is 0.200. The lowest BCUT2D eigenvalue weighted by molar-refractivity contribution is -0.116. The second-order valence-electron chi connectivity index (χ2n) is 8.81. The maximum atomic E-state index is 14.2. The summed E-state index contributed by atoms with van der Waals surface area (Å²) < 4.78 is 21.1. The number of aromatic nitrogens is 3. The maximum absolute atomic E-state index is 14.2. The van der Waals surface area contributed by atoms with Gasteiger partial charge in [0.2, 0.25) is 11.8 Å². The summed E-state index contributed by atoms with van der Waals surface area (Å²) in [5.41, 5.74) is 0.505. The van der Waals surface area contributed by atoms with Crippen LogP contribution in [0.15, 0.2) is 89.3 Å². The highest BCUT2D eigenvalue weighted by atomic mass is 19.1. The van der Waals surface area contributed by atoms with E-state index in [4.69, 9.17) is 4.74 Å². The van der Waals surface area contributed by atoms with Gasteiger partial charge in [0.05, 0.1) is 18.7 Å². The number of rotatable bonds is 13. The van der Waals surface area contributed by atoms with Gasteiger partial charge < -0.3 is 25.0 Å². The fourth-order valence-electron chi connectivity index (χ4n) is 3.87. The van der Waals surface area contributed by atoms with Crippen molar-refractivity contribution in [3.63, 3.8) is 0 Å². The van der Waals surface area contributed by atoms with E-state index in [1.165, 1.54) is 23.9 Å². The van der Waals surface area contributed by atoms with Crippen LogP contribution >= 0.6 is 0 Å². The van der Waals surface area contributed by atoms with Gasteiger partial charge in [0.25, 0.3) is 11.5 Å². The van der Waals surface area contributed by atoms with Crippen LogP contribution in [0, 0.1) is 0 Å². The van der Waals surface area contributed by atoms with Crippen LogP contribution in [-0.2, 0) is 23.2 Å². The van der Waals surface area contributed by atoms with Gasteiger partial charge in [0.15, 0.2) is 5.82 Å². The van der Waals surface area contributed by atoms with Gasteiger partial charge in [-0.25, -0.2) is 9.37 Å². The van der Waals surface area contributed by atoms with Gasteiger partial charge in [0, 0.05) is 42.8 Å². The second-order valence-corrected chi connectivity index (χ2v) is 8.81. The average molecular weight is 590 g/mol. The van der Waals surface area contributed by atoms with Gasteiger partial charge in [-0.1, -0.05) is 25.3 Å². The number of carbonyl (C=O) groups excluding carboxylic acids is 2. The number of hydrogen-bond donors (Lipinski definition) is 3. The van der Waals surface area contributed by atoms with E-state index in [9.17, 15) is 23.9 Å². The molecule has 12 nitrogen and oxygen atoms in total. The standard InChI is InChI=1S/C30H32FN7O5/c1-6-23(31)19(4)29(41)38(34-8-3)28-22(18-39)21(12-13-33-28)20-16-24(30(42)37(5)17-20)35-25-10-9-11-27(36-25)43-15-14-32-26(40)7-2/h6-13,16-17,39H,2,4,14-15,18H2,1,3,5H3,(H,32,40)(H,35,36)/b23-6+,34-8-. The highest BCUT2D eigenvalue weighted by Crippen LogP contribution is 2.32. The summed E-state index contributed by atoms with van der Waals surface area (Å²) >= 11 is 0. The minimum Gasteiger partial charge on any atom is -0.476 e. The number of aliphatic hydroxyl groups is 1. The van der Waals surface area contributed by atoms with E-state index in [0.29, 0.717) is 16.9 Å². The molecular formula is C30H32FN7O5. The van der Waals surface area contributed by atoms with Crippen molar-refractivity contribution in [1.29, 1.82) is 0 Å². The molecule has 0 aliphatic rings. The van der Waals surface area contributed by atoms with Crippen molar-refractivity contribution in [2.45, 2.75) is 20.5 Å². The van der Waals surface area contributed by atoms with Crippen molar-refractivity contribution in [2.24, 2.45) is 12.1 Å². The first-order valence-corrected chi connectivity index (χ1v) is 13.1. The van der Waals surface area contributed by atoms with Gasteiger partial charge in [-0.15, -0.1) is 0 Å². The Morgan fingerprint density at radius 2 is 2.05 bits per heavy atom. The molecule has 0 radical (unpaired) electrons. The minimum atomic E-state index is -0.868. The lowest BCUT2D eigenvalue weighted by Crippen LogP contribution is -2.29. The summed E-state index contributed by atoms with van der Waals surface area (Å²) in [6.45, 7) is 9.75. The monoisotopic (exact) mass is 589 g/mol. The number of aliphatic hydroxyl groups excluding tert-OH is 1. The number of aryl methyl sites for hydroxylation is 1. The van der Waals surface area contributed by atoms with Gasteiger partial charge in [-0.3, -0.25) is 14.4 Å². The molecule has 3 aromatic heterocycles. The summed E-state index contributed by atoms with van der Waals surface area (Å²) in [7, 11) is 1.56. The summed E-state index contributed by atoms with van der Waals surface area (Å²) in [6, 6.07) is 8.13. The normalized spacial score (nSPS) is 11.2. The Morgan fingerprint density at radius 1 is 1.28 bits per heavy atom. The number of hydrogen-bond acceptors (Lipinski definition) is 9. The first-order chi connectivity index (χ1) is 20.6. The van der Waals surface area contributed by atoms with E-state index < -0.39 is 23.9 Å². The third-order valence-corrected chi connectivity index (χ3v) is 5.93. The number of carbonyl (C=O) groups is 2. The molecule has 0 spiro atoms. The van der Waals surface area contributed by atoms with Crippen molar-refractivity contribution in [3.8, 4) is 17.0 Å². The number of halogens is 1. The Morgan fingerprint density at radius 3 is 2.72 bits per heavy atom. The first-order valence-electron chi connectivity index (χ1n) is 13.1. The van der Waals surface area contributed by atoms with Crippen LogP contribution in [0.3, 0.4) is 0 Å². The van der Waals surface area contributed by atoms with Crippen molar-refractivity contribution >= 4 is 35.4 Å². The molecule has 3 N–H and O–H groups in total. The van der Waals surface area contributed by atoms with E-state index in [-0.39, 0.29) is 47.6 Å². The zero-order valence-corrected chi connectivity index (χ0v) is 24.0. The molecular weight excluding hydrogens is 557 g/mol. The maximum Gasteiger partial charge on any atom is 0.282 e. The van der Waals surface area contributed by atoms with E-state index in [1.807, 2.05) is 0 Å². The third kappa shape index (κ3) is 7.86. The molecule has 0 atom stereocenters. The van der Waals surface area contributed by atoms with Gasteiger partial charge in [-0.2, -0.15) is 15.1 Å². The van der Waals surface area contributed by atoms with E-state index in [0.717, 1.165) is 17.2 Å². The highest BCUT2D eigenvalue weighted by molar-refractivity contribution is 6.08. The quantitative estimate of drug-likeness (QED) is 0.0901. The molecule has 3 rings (SSSR count). The first kappa shape index (κ1) is 32.1. The summed E-state index contributed by atoms with van der Waals surface area (Å²) in [6.07, 6.45) is 6.55. The molecule has 0 saturated carbocycles. The second kappa shape index (κ2) is 15.0. The SMILES string of the molecule is C=CC(=O)NCCOc1cccc(Nc2cc(-c3ccnc(N(/N=C\C)C(=O)C(=C)/C(F)=C\C)c3CO)cn(C)c2=O)n1. The molecule has 224 valence electrons. The van der Waals surface area contributed by atoms with Gasteiger partial charge in [-0.05, 0) is 43.7 Å². The lowest BCUT2D eigenvalue weighted by Gasteiger charge is -2.21. The highest BCUT2D eigenvalue weighted by Gasteiger charge is 2.26. The van der Waals surface area contributed by atoms with Crippen LogP contribution in [0.25, 0.3) is 11.1 Å². The number of ether oxygens (including phenoxy) is 1. The third-order valence-electron chi connectivity index (χ3n) is 5.93. The van der Waals surface area contributed by atoms with Gasteiger partial charge in [0.1, 0.15) is 23.9 Å². The van der Waals surface area contributed by atoms with Crippen LogP contribution in [0.5, 0.6) is 5.88 Å². The van der Waals surface area contributed by atoms with Crippen molar-refractivity contribution in [1.82, 2.24) is 19.9 Å². The van der Waals surface area contributed by atoms with Crippen molar-refractivity contribution in [3.05, 3.63) is 95.4 Å². The summed E-state index contributed by atoms with van der Waals surface area (Å²) in [4.78, 5) is 46.0. The Balaban J connectivity index is 1.98. The van der Waals surface area contributed by atoms with Crippen LogP contribution in [-0.4, -0.2) is 50.8 Å². The van der Waals surface area contributed by atoms with Crippen LogP contribution < -0.4 is 25.9 Å². The Bertz CT molecular complexity index is 1650. The number of hydrazone groups is 1. The van der Waals surface area contributed by atoms with E-state index in [2.05, 4.69) is 38.9 Å². The average Bonchev–Trinajstić information content (AvgIpc) is 3.02. The predicted octanol–water partition coefficient (Wildman–Crippen LogP) is 3.53. The van der Waals surface area contributed by atoms with Gasteiger partial charge >= 0.3 is 0 Å². The molecule has 3 aromatic rings. The number of amides is 2. The molecule has 0 aliphatic heterocycles. The van der Waals surface area contributed by atoms with Crippen LogP contribution in [0.1, 0.15) is 19.4 Å². The van der Waals surface area contributed by atoms with E-state index >= 15 is 0 Å². The van der Waals surface area contributed by atoms with Crippen LogP contribution in [0.2, 0.25) is 0 Å². The largest absolute Gasteiger partial charge is 0.476 e. The van der Waals surface area contributed by atoms with E-state index in [1.54, 1.807) is 50.5 Å². The molecule has 0 aliphatic carbocycles. The molecule has 3 heterocycles. The Labute approximate surface area is 247 Å². The Hall–Kier alpha value is -5.43. The predicted molar refractivity (Wildman–Crippen MR) is 163 cm³/mol. The minimum absolute atomic E-state index is 0.0349. The fourth-order valence-corrected chi connectivity index (χ4v) is 3.87. The Kier molecular flexibility index (Phi) is 11.2.